The number of phenols is 2. The fraction of sp³-hybridized carbons (Fsp3) is 0.615. The van der Waals surface area contributed by atoms with Gasteiger partial charge in [0.15, 0.2) is 11.5 Å². The molecule has 3 aliphatic heterocycles. The molecule has 29 nitrogen and oxygen atoms in total. The topological polar surface area (TPSA) is 438 Å². The number of benzene rings is 2. The maximum Gasteiger partial charge on any atom is 0.248 e. The number of likely N-dealkylation sites (tertiary alicyclic amines) is 2. The summed E-state index contributed by atoms with van der Waals surface area (Å²) in [6, 6.07) is 3.02. The molecule has 2 saturated carbocycles. The minimum atomic E-state index is -2.05. The summed E-state index contributed by atoms with van der Waals surface area (Å²) in [6.07, 6.45) is 4.89. The Balaban J connectivity index is 0.807. The number of nitrogens with one attached hydrogen (secondary N) is 5. The second kappa shape index (κ2) is 33.4. The van der Waals surface area contributed by atoms with Crippen molar-refractivity contribution < 1.29 is 79.2 Å². The predicted octanol–water partition coefficient (Wildman–Crippen LogP) is -0.404. The zero-order valence-corrected chi connectivity index (χ0v) is 54.3. The van der Waals surface area contributed by atoms with Crippen LogP contribution in [0.15, 0.2) is 54.9 Å². The summed E-state index contributed by atoms with van der Waals surface area (Å²) in [5.41, 5.74) is 8.30. The van der Waals surface area contributed by atoms with Crippen LogP contribution < -0.4 is 37.2 Å². The standard InChI is InChI=1S/C65H91N13O16S/c1-35-31-77(33-53(35)87)63(92)57(52(86)26-54(66)88)73-60(91)56(51(85)23-38-10-17-49(83)50(84)22-38)72-59(90)48-25-44(82)32-78(48)64(93)55(36(2)80)71-58(89)47(24-43(81)30-67-34-79)68-27-37-8-11-40(12-9-37)61-74-75-62(95-61)41-15-13-39(14-16-41)42-28-69-65(70-29-42)76-20-18-46(19-21-76)94-45-6-4-3-5-7-45/h10,13-17,22,28-29,34-37,40,43-48,51-53,55-57,68,80-87H,3-9,11-12,18-21,23-27,30-33H2,1-2H3,(H2,66,88)(H,67,79)(H,71,89)(H,72,90)(H,73,91)/t35-,36+,37?,40?,43+,44+,47-,48-,51+,52+,53+,55-,56-,57-/m0/s1. The zero-order chi connectivity index (χ0) is 68.0. The summed E-state index contributed by atoms with van der Waals surface area (Å²) < 4.78 is 6.43. The molecule has 95 heavy (non-hydrogen) atoms. The maximum atomic E-state index is 14.6. The van der Waals surface area contributed by atoms with Crippen LogP contribution in [0.4, 0.5) is 5.95 Å². The molecule has 0 spiro atoms. The summed E-state index contributed by atoms with van der Waals surface area (Å²) in [6.45, 7) is 3.99. The maximum absolute atomic E-state index is 14.6. The van der Waals surface area contributed by atoms with Gasteiger partial charge in [0.25, 0.3) is 0 Å². The van der Waals surface area contributed by atoms with Gasteiger partial charge in [-0.2, -0.15) is 0 Å². The average molecular weight is 1340 g/mol. The highest BCUT2D eigenvalue weighted by atomic mass is 32.1. The van der Waals surface area contributed by atoms with Crippen LogP contribution in [0, 0.1) is 11.8 Å². The Morgan fingerprint density at radius 1 is 0.747 bits per heavy atom. The van der Waals surface area contributed by atoms with Crippen LogP contribution in [-0.4, -0.2) is 238 Å². The van der Waals surface area contributed by atoms with E-state index in [1.165, 1.54) is 45.1 Å². The Labute approximate surface area is 554 Å². The number of phenolic OH excluding ortho intramolecular Hbond substituents is 2. The summed E-state index contributed by atoms with van der Waals surface area (Å²) in [5, 5.41) is 110. The average Bonchev–Trinajstić information content (AvgIpc) is 1.94. The van der Waals surface area contributed by atoms with Gasteiger partial charge in [0.2, 0.25) is 47.8 Å². The highest BCUT2D eigenvalue weighted by Gasteiger charge is 2.46. The third-order valence-electron chi connectivity index (χ3n) is 18.9. The Hall–Kier alpha value is -7.55. The van der Waals surface area contributed by atoms with E-state index in [0.29, 0.717) is 25.2 Å². The number of nitrogens with two attached hydrogens (primary N) is 1. The van der Waals surface area contributed by atoms with Crippen LogP contribution >= 0.6 is 11.3 Å². The fourth-order valence-electron chi connectivity index (χ4n) is 13.3. The minimum absolute atomic E-state index is 0.00210. The van der Waals surface area contributed by atoms with Gasteiger partial charge in [-0.15, -0.1) is 10.2 Å². The molecule has 7 amide bonds. The molecule has 0 radical (unpaired) electrons. The van der Waals surface area contributed by atoms with Gasteiger partial charge in [-0.3, -0.25) is 33.6 Å². The van der Waals surface area contributed by atoms with Crippen LogP contribution in [0.1, 0.15) is 120 Å². The van der Waals surface area contributed by atoms with Crippen molar-refractivity contribution in [1.82, 2.24) is 56.5 Å². The Kier molecular flexibility index (Phi) is 25.2. The Bertz CT molecular complexity index is 3230. The molecule has 5 heterocycles. The van der Waals surface area contributed by atoms with Crippen molar-refractivity contribution in [2.75, 3.05) is 50.7 Å². The number of aliphatic hydroxyl groups excluding tert-OH is 6. The summed E-state index contributed by atoms with van der Waals surface area (Å²) in [5.74, 6) is -6.84. The van der Waals surface area contributed by atoms with Crippen molar-refractivity contribution in [2.45, 2.75) is 195 Å². The van der Waals surface area contributed by atoms with Gasteiger partial charge in [-0.05, 0) is 100 Å². The number of aliphatic hydroxyl groups is 6. The molecule has 5 fully saturated rings. The van der Waals surface area contributed by atoms with Gasteiger partial charge in [0.05, 0.1) is 61.3 Å². The number of aromatic hydroxyl groups is 2. The quantitative estimate of drug-likeness (QED) is 0.0243. The van der Waals surface area contributed by atoms with Gasteiger partial charge >= 0.3 is 0 Å². The highest BCUT2D eigenvalue weighted by Crippen LogP contribution is 2.39. The molecule has 30 heteroatoms. The van der Waals surface area contributed by atoms with Gasteiger partial charge in [0.1, 0.15) is 34.2 Å². The number of β-amino-alcohol motifs (C(OH)–C–C–N with tert-alkyl or cyclic N) is 2. The Morgan fingerprint density at radius 3 is 2.06 bits per heavy atom. The molecule has 12 atom stereocenters. The normalized spacial score (nSPS) is 23.7. The number of hydrogen-bond donors (Lipinski definition) is 14. The molecule has 9 rings (SSSR count). The van der Waals surface area contributed by atoms with Crippen LogP contribution in [0.3, 0.4) is 0 Å². The van der Waals surface area contributed by atoms with Gasteiger partial charge < -0.3 is 92.6 Å². The predicted molar refractivity (Wildman–Crippen MR) is 345 cm³/mol. The summed E-state index contributed by atoms with van der Waals surface area (Å²) >= 11 is 1.54. The van der Waals surface area contributed by atoms with Gasteiger partial charge in [-0.25, -0.2) is 9.97 Å². The van der Waals surface area contributed by atoms with Gasteiger partial charge in [-0.1, -0.05) is 67.9 Å². The molecule has 0 bridgehead atoms. The fourth-order valence-corrected chi connectivity index (χ4v) is 14.4. The SMILES string of the molecule is C[C@@H](O)[C@H](NC(=O)[C@H](C[C@@H](O)CNC=O)NCC1CCC(c2nnc(-c3ccc(-c4cnc(N5CCC(OC6CCCCC6)CC5)nc4)cc3)s2)CC1)C(=O)N1C[C@H](O)C[C@H]1C(=O)N[C@H](C(=O)N[C@H](C(=O)N1C[C@@H](O)[C@@H](C)C1)[C@H](O)CC(N)=O)[C@H](O)Cc1ccc(O)c(O)c1. The van der Waals surface area contributed by atoms with Crippen molar-refractivity contribution in [3.63, 3.8) is 0 Å². The second-order valence-electron chi connectivity index (χ2n) is 26.2. The molecule has 4 aromatic rings. The summed E-state index contributed by atoms with van der Waals surface area (Å²) in [7, 11) is 0. The molecule has 2 aromatic carbocycles. The molecular formula is C65H91N13O16S. The van der Waals surface area contributed by atoms with E-state index < -0.39 is 146 Å². The number of carbonyl (C=O) groups excluding carboxylic acids is 7. The number of piperidine rings is 1. The monoisotopic (exact) mass is 1340 g/mol. The van der Waals surface area contributed by atoms with Crippen molar-refractivity contribution in [3.8, 4) is 33.2 Å². The number of nitrogens with zero attached hydrogens (tertiary/aromatic N) is 7. The molecule has 2 aromatic heterocycles. The molecule has 0 unspecified atom stereocenters. The van der Waals surface area contributed by atoms with E-state index >= 15 is 0 Å². The lowest BCUT2D eigenvalue weighted by Crippen LogP contribution is -2.63. The van der Waals surface area contributed by atoms with Crippen molar-refractivity contribution in [1.29, 1.82) is 0 Å². The van der Waals surface area contributed by atoms with Crippen LogP contribution in [0.2, 0.25) is 0 Å². The molecule has 518 valence electrons. The molecule has 3 saturated heterocycles. The van der Waals surface area contributed by atoms with E-state index in [-0.39, 0.29) is 43.5 Å². The largest absolute Gasteiger partial charge is 0.504 e. The van der Waals surface area contributed by atoms with Crippen molar-refractivity contribution in [3.05, 3.63) is 65.4 Å². The molecule has 2 aliphatic carbocycles. The van der Waals surface area contributed by atoms with Crippen LogP contribution in [0.25, 0.3) is 21.7 Å². The van der Waals surface area contributed by atoms with E-state index in [2.05, 4.69) is 41.7 Å². The highest BCUT2D eigenvalue weighted by molar-refractivity contribution is 7.14. The lowest BCUT2D eigenvalue weighted by Gasteiger charge is -2.34. The molecular weight excluding hydrogens is 1250 g/mol. The smallest absolute Gasteiger partial charge is 0.248 e. The molecule has 5 aliphatic rings. The third-order valence-corrected chi connectivity index (χ3v) is 20.1. The number of hydrogen-bond acceptors (Lipinski definition) is 23. The number of aromatic nitrogens is 4. The van der Waals surface area contributed by atoms with E-state index in [9.17, 15) is 74.4 Å². The zero-order valence-electron chi connectivity index (χ0n) is 53.5. The van der Waals surface area contributed by atoms with Gasteiger partial charge in [0, 0.05) is 87.5 Å². The van der Waals surface area contributed by atoms with E-state index in [1.54, 1.807) is 18.3 Å². The van der Waals surface area contributed by atoms with Crippen LogP contribution in [0.5, 0.6) is 11.5 Å². The number of amides is 7. The van der Waals surface area contributed by atoms with E-state index in [4.69, 9.17) is 20.4 Å². The van der Waals surface area contributed by atoms with E-state index in [0.717, 1.165) is 106 Å². The van der Waals surface area contributed by atoms with Crippen LogP contribution in [-0.2, 0) is 44.7 Å². The summed E-state index contributed by atoms with van der Waals surface area (Å²) in [4.78, 5) is 109. The van der Waals surface area contributed by atoms with Crippen molar-refractivity contribution in [2.24, 2.45) is 17.6 Å². The van der Waals surface area contributed by atoms with E-state index in [1.807, 2.05) is 36.7 Å². The first-order valence-corrected chi connectivity index (χ1v) is 33.8. The number of anilines is 1. The number of primary amides is 1. The number of carbonyl (C=O) groups is 7. The molecule has 15 N–H and O–H groups in total. The van der Waals surface area contributed by atoms with Crippen molar-refractivity contribution >= 4 is 59.1 Å². The first-order valence-electron chi connectivity index (χ1n) is 33.0. The minimum Gasteiger partial charge on any atom is -0.504 e. The first kappa shape index (κ1) is 71.7. The number of rotatable bonds is 29. The third kappa shape index (κ3) is 19.1. The number of ether oxygens (including phenoxy) is 1. The first-order chi connectivity index (χ1) is 45.5. The second-order valence-corrected chi connectivity index (χ2v) is 27.2. The lowest BCUT2D eigenvalue weighted by molar-refractivity contribution is -0.145. The lowest BCUT2D eigenvalue weighted by atomic mass is 9.82. The Morgan fingerprint density at radius 2 is 1.42 bits per heavy atom.